The van der Waals surface area contributed by atoms with E-state index in [9.17, 15) is 4.79 Å². The van der Waals surface area contributed by atoms with E-state index in [2.05, 4.69) is 13.2 Å². The van der Waals surface area contributed by atoms with Crippen molar-refractivity contribution < 1.29 is 4.79 Å². The van der Waals surface area contributed by atoms with E-state index in [0.29, 0.717) is 6.42 Å². The second-order valence-electron chi connectivity index (χ2n) is 2.50. The second kappa shape index (κ2) is 9.93. The fraction of sp³-hybridized carbons (Fsp3) is 0.500. The molecule has 3 heteroatoms. The van der Waals surface area contributed by atoms with Crippen molar-refractivity contribution in [1.82, 2.24) is 0 Å². The summed E-state index contributed by atoms with van der Waals surface area (Å²) >= 11 is 0. The molecule has 0 aromatic carbocycles. The Morgan fingerprint density at radius 3 is 2.54 bits per heavy atom. The van der Waals surface area contributed by atoms with Crippen LogP contribution >= 0.6 is 21.6 Å². The average Bonchev–Trinajstić information content (AvgIpc) is 2.16. The zero-order valence-corrected chi connectivity index (χ0v) is 9.46. The van der Waals surface area contributed by atoms with Gasteiger partial charge in [-0.25, -0.2) is 0 Å². The van der Waals surface area contributed by atoms with Crippen molar-refractivity contribution >= 4 is 27.4 Å². The summed E-state index contributed by atoms with van der Waals surface area (Å²) in [7, 11) is 3.67. The molecule has 0 heterocycles. The fourth-order valence-electron chi connectivity index (χ4n) is 0.657. The minimum atomic E-state index is 0.150. The van der Waals surface area contributed by atoms with E-state index in [1.54, 1.807) is 0 Å². The molecule has 0 aromatic heterocycles. The third-order valence-corrected chi connectivity index (χ3v) is 3.89. The van der Waals surface area contributed by atoms with Crippen LogP contribution in [-0.2, 0) is 4.79 Å². The molecule has 0 rings (SSSR count). The summed E-state index contributed by atoms with van der Waals surface area (Å²) in [6, 6.07) is 0. The van der Waals surface area contributed by atoms with Crippen molar-refractivity contribution in [2.45, 2.75) is 19.3 Å². The van der Waals surface area contributed by atoms with E-state index >= 15 is 0 Å². The monoisotopic (exact) mass is 216 g/mol. The Morgan fingerprint density at radius 1 is 1.23 bits per heavy atom. The molecular formula is C10H16OS2. The van der Waals surface area contributed by atoms with Crippen LogP contribution in [0.4, 0.5) is 0 Å². The third kappa shape index (κ3) is 9.77. The van der Waals surface area contributed by atoms with Crippen LogP contribution in [0.5, 0.6) is 0 Å². The maximum absolute atomic E-state index is 10.8. The molecule has 0 N–H and O–H groups in total. The van der Waals surface area contributed by atoms with Crippen LogP contribution in [0.25, 0.3) is 0 Å². The number of rotatable bonds is 9. The summed E-state index contributed by atoms with van der Waals surface area (Å²) in [5.74, 6) is 2.31. The van der Waals surface area contributed by atoms with Gasteiger partial charge in [0.25, 0.3) is 0 Å². The van der Waals surface area contributed by atoms with Crippen LogP contribution in [0.3, 0.4) is 0 Å². The molecule has 0 saturated carbocycles. The van der Waals surface area contributed by atoms with Gasteiger partial charge >= 0.3 is 0 Å². The predicted molar refractivity (Wildman–Crippen MR) is 64.2 cm³/mol. The largest absolute Gasteiger partial charge is 0.295 e. The van der Waals surface area contributed by atoms with E-state index < -0.39 is 0 Å². The summed E-state index contributed by atoms with van der Waals surface area (Å²) in [5, 5.41) is 0. The van der Waals surface area contributed by atoms with Gasteiger partial charge in [-0.3, -0.25) is 4.79 Å². The Hall–Kier alpha value is -0.150. The molecule has 0 atom stereocenters. The van der Waals surface area contributed by atoms with Crippen LogP contribution in [0, 0.1) is 0 Å². The molecule has 0 saturated heterocycles. The van der Waals surface area contributed by atoms with Crippen LogP contribution < -0.4 is 0 Å². The highest BCUT2D eigenvalue weighted by Gasteiger charge is 1.95. The van der Waals surface area contributed by atoms with Gasteiger partial charge in [-0.05, 0) is 18.9 Å². The van der Waals surface area contributed by atoms with Gasteiger partial charge in [-0.2, -0.15) is 0 Å². The van der Waals surface area contributed by atoms with Crippen molar-refractivity contribution in [3.8, 4) is 0 Å². The summed E-state index contributed by atoms with van der Waals surface area (Å²) in [6.07, 6.45) is 5.97. The molecule has 0 aliphatic carbocycles. The molecule has 0 fully saturated rings. The van der Waals surface area contributed by atoms with Crippen LogP contribution in [-0.4, -0.2) is 17.3 Å². The number of hydrogen-bond donors (Lipinski definition) is 0. The smallest absolute Gasteiger partial charge is 0.155 e. The summed E-state index contributed by atoms with van der Waals surface area (Å²) in [4.78, 5) is 10.8. The zero-order chi connectivity index (χ0) is 9.94. The molecule has 0 aromatic rings. The van der Waals surface area contributed by atoms with E-state index in [-0.39, 0.29) is 5.78 Å². The van der Waals surface area contributed by atoms with Crippen molar-refractivity contribution in [2.75, 3.05) is 11.5 Å². The van der Waals surface area contributed by atoms with Gasteiger partial charge in [0.05, 0.1) is 0 Å². The Morgan fingerprint density at radius 2 is 1.92 bits per heavy atom. The standard InChI is InChI=1S/C10H16OS2/c1-3-5-8-12-13-9-6-7-10(11)4-2/h3-4H,1-2,5-9H2. The van der Waals surface area contributed by atoms with Gasteiger partial charge in [-0.1, -0.05) is 34.2 Å². The zero-order valence-electron chi connectivity index (χ0n) is 7.83. The van der Waals surface area contributed by atoms with Crippen molar-refractivity contribution in [1.29, 1.82) is 0 Å². The molecule has 1 nitrogen and oxygen atoms in total. The van der Waals surface area contributed by atoms with Gasteiger partial charge in [-0.15, -0.1) is 6.58 Å². The quantitative estimate of drug-likeness (QED) is 0.254. The summed E-state index contributed by atoms with van der Waals surface area (Å²) < 4.78 is 0. The van der Waals surface area contributed by atoms with Crippen molar-refractivity contribution in [2.24, 2.45) is 0 Å². The van der Waals surface area contributed by atoms with Crippen LogP contribution in [0.1, 0.15) is 19.3 Å². The lowest BCUT2D eigenvalue weighted by atomic mass is 10.2. The minimum absolute atomic E-state index is 0.150. The van der Waals surface area contributed by atoms with E-state index in [1.165, 1.54) is 6.08 Å². The minimum Gasteiger partial charge on any atom is -0.295 e. The summed E-state index contributed by atoms with van der Waals surface area (Å²) in [5.41, 5.74) is 0. The van der Waals surface area contributed by atoms with Gasteiger partial charge in [0.1, 0.15) is 0 Å². The third-order valence-electron chi connectivity index (χ3n) is 1.37. The summed E-state index contributed by atoms with van der Waals surface area (Å²) in [6.45, 7) is 7.08. The maximum atomic E-state index is 10.8. The maximum Gasteiger partial charge on any atom is 0.155 e. The number of ketones is 1. The Bertz CT molecular complexity index is 166. The molecule has 0 bridgehead atoms. The van der Waals surface area contributed by atoms with Crippen LogP contribution in [0.15, 0.2) is 25.3 Å². The van der Waals surface area contributed by atoms with Crippen molar-refractivity contribution in [3.05, 3.63) is 25.3 Å². The number of carbonyl (C=O) groups is 1. The first-order valence-electron chi connectivity index (χ1n) is 4.32. The lowest BCUT2D eigenvalue weighted by Crippen LogP contribution is -1.91. The van der Waals surface area contributed by atoms with Gasteiger partial charge in [0, 0.05) is 17.9 Å². The molecule has 0 amide bonds. The highest BCUT2D eigenvalue weighted by Crippen LogP contribution is 2.23. The first-order valence-corrected chi connectivity index (χ1v) is 6.80. The van der Waals surface area contributed by atoms with E-state index in [4.69, 9.17) is 0 Å². The molecule has 0 unspecified atom stereocenters. The SMILES string of the molecule is C=CCCSSCCCC(=O)C=C. The molecule has 0 aliphatic rings. The van der Waals surface area contributed by atoms with Gasteiger partial charge in [0.15, 0.2) is 5.78 Å². The molecule has 0 radical (unpaired) electrons. The number of hydrogen-bond acceptors (Lipinski definition) is 3. The fourth-order valence-corrected chi connectivity index (χ4v) is 2.77. The molecule has 13 heavy (non-hydrogen) atoms. The molecule has 74 valence electrons. The number of allylic oxidation sites excluding steroid dienone is 2. The molecule has 0 aliphatic heterocycles. The molecule has 0 spiro atoms. The van der Waals surface area contributed by atoms with E-state index in [0.717, 1.165) is 24.3 Å². The second-order valence-corrected chi connectivity index (χ2v) is 5.20. The van der Waals surface area contributed by atoms with Crippen molar-refractivity contribution in [3.63, 3.8) is 0 Å². The predicted octanol–water partition coefficient (Wildman–Crippen LogP) is 3.48. The Labute approximate surface area is 88.5 Å². The normalized spacial score (nSPS) is 9.54. The molecular weight excluding hydrogens is 200 g/mol. The number of carbonyl (C=O) groups excluding carboxylic acids is 1. The highest BCUT2D eigenvalue weighted by atomic mass is 33.1. The lowest BCUT2D eigenvalue weighted by Gasteiger charge is -1.97. The first kappa shape index (κ1) is 12.8. The average molecular weight is 216 g/mol. The van der Waals surface area contributed by atoms with E-state index in [1.807, 2.05) is 27.7 Å². The highest BCUT2D eigenvalue weighted by molar-refractivity contribution is 8.76. The van der Waals surface area contributed by atoms with Gasteiger partial charge in [0.2, 0.25) is 0 Å². The Kier molecular flexibility index (Phi) is 9.82. The first-order chi connectivity index (χ1) is 6.31. The lowest BCUT2D eigenvalue weighted by molar-refractivity contribution is -0.114. The van der Waals surface area contributed by atoms with Gasteiger partial charge < -0.3 is 0 Å². The Balaban J connectivity index is 3.03. The topological polar surface area (TPSA) is 17.1 Å². The van der Waals surface area contributed by atoms with Crippen LogP contribution in [0.2, 0.25) is 0 Å².